The van der Waals surface area contributed by atoms with E-state index in [0.717, 1.165) is 19.3 Å². The number of hydrogen-bond acceptors (Lipinski definition) is 4. The Morgan fingerprint density at radius 2 is 1.75 bits per heavy atom. The van der Waals surface area contributed by atoms with E-state index < -0.39 is 29.1 Å². The van der Waals surface area contributed by atoms with Crippen molar-refractivity contribution in [2.45, 2.75) is 71.2 Å². The largest absolute Gasteiger partial charge is 0.392 e. The first-order valence-electron chi connectivity index (χ1n) is 9.35. The Kier molecular flexibility index (Phi) is 3.29. The molecule has 4 heteroatoms. The van der Waals surface area contributed by atoms with Crippen molar-refractivity contribution >= 4 is 5.78 Å². The number of fused-ring (bicyclic) bond motifs is 3. The highest BCUT2D eigenvalue weighted by molar-refractivity contribution is 5.85. The van der Waals surface area contributed by atoms with Crippen molar-refractivity contribution in [3.8, 4) is 0 Å². The predicted octanol–water partition coefficient (Wildman–Crippen LogP) is 2.07. The van der Waals surface area contributed by atoms with Crippen LogP contribution in [-0.4, -0.2) is 39.4 Å². The van der Waals surface area contributed by atoms with Gasteiger partial charge in [0.1, 0.15) is 5.78 Å². The maximum absolute atomic E-state index is 12.5. The molecule has 3 N–H and O–H groups in total. The third-order valence-electron chi connectivity index (χ3n) is 8.67. The minimum atomic E-state index is -0.901. The van der Waals surface area contributed by atoms with Crippen LogP contribution in [0.25, 0.3) is 0 Å². The van der Waals surface area contributed by atoms with Crippen LogP contribution >= 0.6 is 0 Å². The monoisotopic (exact) mass is 334 g/mol. The normalized spacial score (nSPS) is 55.9. The second-order valence-corrected chi connectivity index (χ2v) is 9.61. The predicted molar refractivity (Wildman–Crippen MR) is 90.0 cm³/mol. The summed E-state index contributed by atoms with van der Waals surface area (Å²) >= 11 is 0. The highest BCUT2D eigenvalue weighted by Gasteiger charge is 2.73. The fourth-order valence-corrected chi connectivity index (χ4v) is 7.39. The second kappa shape index (κ2) is 4.72. The SMILES string of the molecule is C=C1C2CCC3C4(C)CCC(=O)C(C)(C)C4CC(O)C3(C1O)C2O. The van der Waals surface area contributed by atoms with Gasteiger partial charge in [-0.3, -0.25) is 4.79 Å². The summed E-state index contributed by atoms with van der Waals surface area (Å²) in [5, 5.41) is 33.2. The number of carbonyl (C=O) groups is 1. The van der Waals surface area contributed by atoms with Gasteiger partial charge < -0.3 is 15.3 Å². The van der Waals surface area contributed by atoms with Crippen LogP contribution in [0.2, 0.25) is 0 Å². The third-order valence-corrected chi connectivity index (χ3v) is 8.67. The van der Waals surface area contributed by atoms with Crippen LogP contribution in [0.3, 0.4) is 0 Å². The summed E-state index contributed by atoms with van der Waals surface area (Å²) in [5.41, 5.74) is -0.814. The third kappa shape index (κ3) is 1.59. The van der Waals surface area contributed by atoms with Crippen molar-refractivity contribution < 1.29 is 20.1 Å². The van der Waals surface area contributed by atoms with E-state index in [1.807, 2.05) is 13.8 Å². The van der Waals surface area contributed by atoms with Crippen LogP contribution in [0, 0.1) is 34.0 Å². The van der Waals surface area contributed by atoms with Crippen LogP contribution in [0.4, 0.5) is 0 Å². The van der Waals surface area contributed by atoms with E-state index >= 15 is 0 Å². The molecule has 4 fully saturated rings. The molecule has 134 valence electrons. The molecule has 0 amide bonds. The molecule has 4 rings (SSSR count). The molecule has 24 heavy (non-hydrogen) atoms. The number of ketones is 1. The number of aliphatic hydroxyl groups is 3. The number of aliphatic hydroxyl groups excluding tert-OH is 3. The second-order valence-electron chi connectivity index (χ2n) is 9.61. The summed E-state index contributed by atoms with van der Waals surface area (Å²) < 4.78 is 0. The number of carbonyl (C=O) groups excluding carboxylic acids is 1. The molecule has 0 aliphatic heterocycles. The van der Waals surface area contributed by atoms with Gasteiger partial charge in [0, 0.05) is 17.8 Å². The minimum Gasteiger partial charge on any atom is -0.392 e. The molecule has 8 unspecified atom stereocenters. The highest BCUT2D eigenvalue weighted by Crippen LogP contribution is 2.71. The molecular formula is C20H30O4. The standard InChI is InChI=1S/C20H30O4/c1-10-11-5-6-12-19(4)8-7-14(21)18(2,3)13(19)9-15(22)20(12,16(10)23)17(11)24/h11-13,15-17,22-24H,1,5-9H2,2-4H3. The lowest BCUT2D eigenvalue weighted by molar-refractivity contribution is -0.248. The molecule has 8 atom stereocenters. The van der Waals surface area contributed by atoms with Crippen molar-refractivity contribution in [3.63, 3.8) is 0 Å². The average Bonchev–Trinajstić information content (AvgIpc) is 2.64. The first-order chi connectivity index (χ1) is 11.1. The van der Waals surface area contributed by atoms with Crippen LogP contribution < -0.4 is 0 Å². The van der Waals surface area contributed by atoms with Crippen molar-refractivity contribution in [1.29, 1.82) is 0 Å². The van der Waals surface area contributed by atoms with E-state index in [4.69, 9.17) is 0 Å². The van der Waals surface area contributed by atoms with E-state index in [1.54, 1.807) is 0 Å². The molecule has 4 nitrogen and oxygen atoms in total. The van der Waals surface area contributed by atoms with Crippen LogP contribution in [0.1, 0.15) is 52.9 Å². The van der Waals surface area contributed by atoms with Gasteiger partial charge in [0.05, 0.1) is 23.7 Å². The zero-order chi connectivity index (χ0) is 17.7. The van der Waals surface area contributed by atoms with Crippen LogP contribution in [0.15, 0.2) is 12.2 Å². The summed E-state index contributed by atoms with van der Waals surface area (Å²) in [6.45, 7) is 10.3. The van der Waals surface area contributed by atoms with Gasteiger partial charge >= 0.3 is 0 Å². The molecule has 2 bridgehead atoms. The Labute approximate surface area is 144 Å². The fourth-order valence-electron chi connectivity index (χ4n) is 7.39. The maximum Gasteiger partial charge on any atom is 0.138 e. The highest BCUT2D eigenvalue weighted by atomic mass is 16.3. The molecule has 4 aliphatic rings. The summed E-state index contributed by atoms with van der Waals surface area (Å²) in [4.78, 5) is 12.5. The van der Waals surface area contributed by atoms with Gasteiger partial charge in [-0.1, -0.05) is 27.4 Å². The van der Waals surface area contributed by atoms with Gasteiger partial charge in [-0.05, 0) is 48.5 Å². The molecular weight excluding hydrogens is 304 g/mol. The van der Waals surface area contributed by atoms with E-state index in [0.29, 0.717) is 18.4 Å². The number of hydrogen-bond donors (Lipinski definition) is 3. The van der Waals surface area contributed by atoms with E-state index in [-0.39, 0.29) is 29.0 Å². The molecule has 0 aromatic heterocycles. The van der Waals surface area contributed by atoms with Gasteiger partial charge in [-0.15, -0.1) is 0 Å². The van der Waals surface area contributed by atoms with Crippen molar-refractivity contribution in [3.05, 3.63) is 12.2 Å². The summed E-state index contributed by atoms with van der Waals surface area (Å²) in [6.07, 6.45) is 1.14. The van der Waals surface area contributed by atoms with Crippen molar-refractivity contribution in [2.75, 3.05) is 0 Å². The molecule has 4 aliphatic carbocycles. The molecule has 0 aromatic rings. The molecule has 0 saturated heterocycles. The van der Waals surface area contributed by atoms with Gasteiger partial charge in [0.15, 0.2) is 0 Å². The summed E-state index contributed by atoms with van der Waals surface area (Å²) in [5.74, 6) is 0.274. The first-order valence-corrected chi connectivity index (χ1v) is 9.35. The van der Waals surface area contributed by atoms with Gasteiger partial charge in [-0.2, -0.15) is 0 Å². The maximum atomic E-state index is 12.5. The quantitative estimate of drug-likeness (QED) is 0.593. The zero-order valence-electron chi connectivity index (χ0n) is 15.0. The number of rotatable bonds is 0. The smallest absolute Gasteiger partial charge is 0.138 e. The Bertz CT molecular complexity index is 611. The Morgan fingerprint density at radius 3 is 2.42 bits per heavy atom. The van der Waals surface area contributed by atoms with E-state index in [1.165, 1.54) is 0 Å². The van der Waals surface area contributed by atoms with Gasteiger partial charge in [0.25, 0.3) is 0 Å². The average molecular weight is 334 g/mol. The van der Waals surface area contributed by atoms with Crippen molar-refractivity contribution in [1.82, 2.24) is 0 Å². The molecule has 0 heterocycles. The number of Topliss-reactive ketones (excluding diaryl/α,β-unsaturated/α-hetero) is 1. The van der Waals surface area contributed by atoms with E-state index in [2.05, 4.69) is 13.5 Å². The lowest BCUT2D eigenvalue weighted by atomic mass is 9.39. The summed E-state index contributed by atoms with van der Waals surface area (Å²) in [7, 11) is 0. The van der Waals surface area contributed by atoms with E-state index in [9.17, 15) is 20.1 Å². The summed E-state index contributed by atoms with van der Waals surface area (Å²) in [6, 6.07) is 0. The minimum absolute atomic E-state index is 0.0200. The van der Waals surface area contributed by atoms with Crippen LogP contribution in [0.5, 0.6) is 0 Å². The molecule has 0 radical (unpaired) electrons. The zero-order valence-corrected chi connectivity index (χ0v) is 15.0. The lowest BCUT2D eigenvalue weighted by Crippen LogP contribution is -2.68. The van der Waals surface area contributed by atoms with Crippen LogP contribution in [-0.2, 0) is 4.79 Å². The molecule has 0 aromatic carbocycles. The first kappa shape index (κ1) is 16.7. The lowest BCUT2D eigenvalue weighted by Gasteiger charge is -2.65. The Morgan fingerprint density at radius 1 is 1.08 bits per heavy atom. The Balaban J connectivity index is 1.87. The molecule has 1 spiro atoms. The van der Waals surface area contributed by atoms with Gasteiger partial charge in [0.2, 0.25) is 0 Å². The molecule has 4 saturated carbocycles. The topological polar surface area (TPSA) is 77.8 Å². The fraction of sp³-hybridized carbons (Fsp3) is 0.850. The van der Waals surface area contributed by atoms with Gasteiger partial charge in [-0.25, -0.2) is 0 Å². The Hall–Kier alpha value is -0.710. The van der Waals surface area contributed by atoms with Crippen molar-refractivity contribution in [2.24, 2.45) is 34.0 Å².